The number of hydrogen-bond acceptors (Lipinski definition) is 2. The highest BCUT2D eigenvalue weighted by Crippen LogP contribution is 2.38. The van der Waals surface area contributed by atoms with Crippen molar-refractivity contribution in [3.8, 4) is 0 Å². The lowest BCUT2D eigenvalue weighted by Gasteiger charge is -2.18. The van der Waals surface area contributed by atoms with Crippen LogP contribution in [0.1, 0.15) is 10.8 Å². The molecule has 0 radical (unpaired) electrons. The second-order valence-corrected chi connectivity index (χ2v) is 4.83. The van der Waals surface area contributed by atoms with Gasteiger partial charge in [-0.2, -0.15) is 13.2 Å². The molecular weight excluding hydrogens is 269 g/mol. The molecule has 0 fully saturated rings. The van der Waals surface area contributed by atoms with Crippen molar-refractivity contribution < 1.29 is 30.4 Å². The first-order chi connectivity index (χ1) is 7.53. The van der Waals surface area contributed by atoms with Gasteiger partial charge >= 0.3 is 6.18 Å². The molecule has 17 heavy (non-hydrogen) atoms. The number of sulfonamides is 1. The van der Waals surface area contributed by atoms with Gasteiger partial charge in [0.25, 0.3) is 0 Å². The molecule has 1 aromatic carbocycles. The summed E-state index contributed by atoms with van der Waals surface area (Å²) in [4.78, 5) is 0. The Bertz CT molecular complexity index is 525. The molecule has 1 rings (SSSR count). The first kappa shape index (κ1) is 13.8. The lowest BCUT2D eigenvalue weighted by Crippen LogP contribution is -2.33. The molecule has 96 valence electrons. The van der Waals surface area contributed by atoms with E-state index in [9.17, 15) is 30.4 Å². The molecule has 1 unspecified atom stereocenters. The summed E-state index contributed by atoms with van der Waals surface area (Å²) < 4.78 is 84.3. The number of alkyl halides is 3. The number of primary sulfonamides is 1. The highest BCUT2D eigenvalue weighted by Gasteiger charge is 2.48. The minimum atomic E-state index is -5.21. The smallest absolute Gasteiger partial charge is 0.228 e. The van der Waals surface area contributed by atoms with Crippen LogP contribution in [0.4, 0.5) is 22.0 Å². The van der Waals surface area contributed by atoms with Crippen LogP contribution in [0, 0.1) is 11.6 Å². The van der Waals surface area contributed by atoms with Crippen LogP contribution in [0.15, 0.2) is 18.2 Å². The van der Waals surface area contributed by atoms with Crippen LogP contribution in [-0.4, -0.2) is 14.6 Å². The van der Waals surface area contributed by atoms with Gasteiger partial charge in [0.1, 0.15) is 0 Å². The highest BCUT2D eigenvalue weighted by molar-refractivity contribution is 7.89. The summed E-state index contributed by atoms with van der Waals surface area (Å²) in [5.74, 6) is -2.97. The van der Waals surface area contributed by atoms with Crippen molar-refractivity contribution in [1.29, 1.82) is 0 Å². The molecule has 0 saturated heterocycles. The third-order valence-electron chi connectivity index (χ3n) is 1.87. The zero-order chi connectivity index (χ0) is 13.4. The lowest BCUT2D eigenvalue weighted by molar-refractivity contribution is -0.131. The van der Waals surface area contributed by atoms with Crippen LogP contribution in [0.25, 0.3) is 0 Å². The molecule has 0 spiro atoms. The predicted octanol–water partition coefficient (Wildman–Crippen LogP) is 1.86. The summed E-state index contributed by atoms with van der Waals surface area (Å²) in [6.45, 7) is 0. The monoisotopic (exact) mass is 275 g/mol. The van der Waals surface area contributed by atoms with Crippen LogP contribution in [-0.2, 0) is 10.0 Å². The second kappa shape index (κ2) is 4.22. The molecule has 1 atom stereocenters. The van der Waals surface area contributed by atoms with Gasteiger partial charge in [-0.1, -0.05) is 6.07 Å². The minimum absolute atomic E-state index is 0.151. The van der Waals surface area contributed by atoms with E-state index < -0.39 is 38.6 Å². The summed E-state index contributed by atoms with van der Waals surface area (Å²) in [6.07, 6.45) is -5.21. The SMILES string of the molecule is NS(=O)(=O)C(c1ccc(F)c(F)c1)C(F)(F)F. The summed E-state index contributed by atoms with van der Waals surface area (Å²) in [5, 5.41) is 1.34. The van der Waals surface area contributed by atoms with Crippen LogP contribution < -0.4 is 5.14 Å². The average molecular weight is 275 g/mol. The number of hydrogen-bond donors (Lipinski definition) is 1. The Morgan fingerprint density at radius 1 is 1.12 bits per heavy atom. The Kier molecular flexibility index (Phi) is 3.44. The fourth-order valence-electron chi connectivity index (χ4n) is 1.24. The van der Waals surface area contributed by atoms with Crippen LogP contribution in [0.2, 0.25) is 0 Å². The molecule has 2 N–H and O–H groups in total. The molecule has 0 amide bonds. The molecule has 3 nitrogen and oxygen atoms in total. The zero-order valence-electron chi connectivity index (χ0n) is 8.00. The number of rotatable bonds is 2. The molecule has 0 aromatic heterocycles. The minimum Gasteiger partial charge on any atom is -0.228 e. The Morgan fingerprint density at radius 3 is 2.00 bits per heavy atom. The third-order valence-corrected chi connectivity index (χ3v) is 3.07. The van der Waals surface area contributed by atoms with E-state index in [1.165, 1.54) is 0 Å². The van der Waals surface area contributed by atoms with Gasteiger partial charge in [0.15, 0.2) is 16.9 Å². The number of halogens is 5. The zero-order valence-corrected chi connectivity index (χ0v) is 8.82. The molecule has 0 aliphatic heterocycles. The van der Waals surface area contributed by atoms with Crippen molar-refractivity contribution in [3.63, 3.8) is 0 Å². The Balaban J connectivity index is 3.39. The van der Waals surface area contributed by atoms with E-state index in [0.29, 0.717) is 12.1 Å². The number of benzene rings is 1. The van der Waals surface area contributed by atoms with Crippen molar-refractivity contribution in [2.75, 3.05) is 0 Å². The van der Waals surface area contributed by atoms with Crippen molar-refractivity contribution in [3.05, 3.63) is 35.4 Å². The molecule has 0 aliphatic rings. The van der Waals surface area contributed by atoms with E-state index >= 15 is 0 Å². The summed E-state index contributed by atoms with van der Waals surface area (Å²) >= 11 is 0. The fourth-order valence-corrected chi connectivity index (χ4v) is 2.14. The fraction of sp³-hybridized carbons (Fsp3) is 0.250. The molecule has 0 aliphatic carbocycles. The van der Waals surface area contributed by atoms with E-state index in [1.807, 2.05) is 0 Å². The first-order valence-electron chi connectivity index (χ1n) is 4.07. The van der Waals surface area contributed by atoms with Crippen molar-refractivity contribution in [2.24, 2.45) is 5.14 Å². The summed E-state index contributed by atoms with van der Waals surface area (Å²) in [6, 6.07) is 1.06. The van der Waals surface area contributed by atoms with E-state index in [-0.39, 0.29) is 6.07 Å². The van der Waals surface area contributed by atoms with Gasteiger partial charge in [0, 0.05) is 0 Å². The van der Waals surface area contributed by atoms with E-state index in [0.717, 1.165) is 0 Å². The highest BCUT2D eigenvalue weighted by atomic mass is 32.2. The Hall–Kier alpha value is -1.22. The maximum Gasteiger partial charge on any atom is 0.410 e. The molecule has 1 aromatic rings. The van der Waals surface area contributed by atoms with Gasteiger partial charge in [-0.3, -0.25) is 0 Å². The predicted molar refractivity (Wildman–Crippen MR) is 48.3 cm³/mol. The van der Waals surface area contributed by atoms with Crippen molar-refractivity contribution in [2.45, 2.75) is 11.4 Å². The van der Waals surface area contributed by atoms with Gasteiger partial charge in [0.2, 0.25) is 10.0 Å². The van der Waals surface area contributed by atoms with Gasteiger partial charge in [-0.25, -0.2) is 22.3 Å². The topological polar surface area (TPSA) is 60.2 Å². The van der Waals surface area contributed by atoms with E-state index in [1.54, 1.807) is 0 Å². The van der Waals surface area contributed by atoms with Gasteiger partial charge in [-0.05, 0) is 17.7 Å². The van der Waals surface area contributed by atoms with Crippen LogP contribution in [0.5, 0.6) is 0 Å². The first-order valence-corrected chi connectivity index (χ1v) is 5.67. The van der Waals surface area contributed by atoms with Crippen LogP contribution >= 0.6 is 0 Å². The maximum absolute atomic E-state index is 12.7. The standard InChI is InChI=1S/C8H6F5NO2S/c9-5-2-1-4(3-6(5)10)7(8(11,12)13)17(14,15)16/h1-3,7H,(H2,14,15,16). The van der Waals surface area contributed by atoms with Gasteiger partial charge in [0.05, 0.1) is 0 Å². The van der Waals surface area contributed by atoms with E-state index in [2.05, 4.69) is 5.14 Å². The average Bonchev–Trinajstić information content (AvgIpc) is 2.06. The molecule has 0 bridgehead atoms. The molecule has 9 heteroatoms. The van der Waals surface area contributed by atoms with E-state index in [4.69, 9.17) is 0 Å². The Labute approximate surface area is 93.1 Å². The normalized spacial score (nSPS) is 14.7. The van der Waals surface area contributed by atoms with Gasteiger partial charge in [-0.15, -0.1) is 0 Å². The molecular formula is C8H6F5NO2S. The Morgan fingerprint density at radius 2 is 1.65 bits per heavy atom. The third kappa shape index (κ3) is 3.13. The molecule has 0 saturated carbocycles. The molecule has 0 heterocycles. The summed E-state index contributed by atoms with van der Waals surface area (Å²) in [5.41, 5.74) is -0.973. The maximum atomic E-state index is 12.7. The quantitative estimate of drug-likeness (QED) is 0.837. The van der Waals surface area contributed by atoms with Gasteiger partial charge < -0.3 is 0 Å². The summed E-state index contributed by atoms with van der Waals surface area (Å²) in [7, 11) is -5.02. The number of nitrogens with two attached hydrogens (primary N) is 1. The van der Waals surface area contributed by atoms with Crippen molar-refractivity contribution in [1.82, 2.24) is 0 Å². The lowest BCUT2D eigenvalue weighted by atomic mass is 10.1. The second-order valence-electron chi connectivity index (χ2n) is 3.18. The largest absolute Gasteiger partial charge is 0.410 e. The van der Waals surface area contributed by atoms with Crippen LogP contribution in [0.3, 0.4) is 0 Å². The van der Waals surface area contributed by atoms with Crippen molar-refractivity contribution >= 4 is 10.0 Å².